The molecule has 0 amide bonds. The molecule has 0 spiro atoms. The second kappa shape index (κ2) is 12.0. The summed E-state index contributed by atoms with van der Waals surface area (Å²) < 4.78 is 11.0. The number of hydrogen-bond acceptors (Lipinski definition) is 7. The molecule has 0 radical (unpaired) electrons. The topological polar surface area (TPSA) is 100 Å². The summed E-state index contributed by atoms with van der Waals surface area (Å²) in [5.41, 5.74) is 2.14. The van der Waals surface area contributed by atoms with E-state index in [1.54, 1.807) is 50.2 Å². The van der Waals surface area contributed by atoms with Gasteiger partial charge in [0.25, 0.3) is 0 Å². The van der Waals surface area contributed by atoms with E-state index in [-0.39, 0.29) is 35.6 Å². The van der Waals surface area contributed by atoms with Gasteiger partial charge in [0, 0.05) is 21.9 Å². The normalized spacial score (nSPS) is 10.8. The molecule has 1 heterocycles. The van der Waals surface area contributed by atoms with E-state index in [1.165, 1.54) is 6.08 Å². The predicted molar refractivity (Wildman–Crippen MR) is 134 cm³/mol. The highest BCUT2D eigenvalue weighted by Crippen LogP contribution is 2.30. The molecule has 0 unspecified atom stereocenters. The molecule has 6 nitrogen and oxygen atoms in total. The summed E-state index contributed by atoms with van der Waals surface area (Å²) in [7, 11) is 0. The summed E-state index contributed by atoms with van der Waals surface area (Å²) in [5, 5.41) is 19.9. The molecule has 35 heavy (non-hydrogen) atoms. The Balaban J connectivity index is 1.83. The van der Waals surface area contributed by atoms with Gasteiger partial charge in [0.05, 0.1) is 17.7 Å². The van der Waals surface area contributed by atoms with Crippen molar-refractivity contribution in [3.05, 3.63) is 91.1 Å². The molecule has 0 fully saturated rings. The summed E-state index contributed by atoms with van der Waals surface area (Å²) in [6, 6.07) is 18.3. The average Bonchev–Trinajstić information content (AvgIpc) is 3.17. The van der Waals surface area contributed by atoms with E-state index in [2.05, 4.69) is 6.07 Å². The van der Waals surface area contributed by atoms with E-state index in [0.717, 1.165) is 16.9 Å². The number of benzene rings is 2. The van der Waals surface area contributed by atoms with Gasteiger partial charge in [-0.1, -0.05) is 41.9 Å². The van der Waals surface area contributed by atoms with Crippen LogP contribution in [0.15, 0.2) is 54.1 Å². The van der Waals surface area contributed by atoms with E-state index in [9.17, 15) is 20.1 Å². The second-order valence-electron chi connectivity index (χ2n) is 7.41. The van der Waals surface area contributed by atoms with Gasteiger partial charge in [-0.2, -0.15) is 10.5 Å². The van der Waals surface area contributed by atoms with E-state index in [1.807, 2.05) is 18.2 Å². The number of para-hydroxylation sites is 1. The van der Waals surface area contributed by atoms with Crippen LogP contribution in [0, 0.1) is 29.6 Å². The number of rotatable bonds is 9. The standard InChI is InChI=1S/C27H21ClN2O4S/c1-3-33-27(32)26-17(2)22(15-30)25(35-26)13-23(31)20(14-29)12-19-6-4-5-7-24(19)34-16-18-8-10-21(28)11-9-18/h4-12H,3,13,16H2,1-2H3/b20-12+. The van der Waals surface area contributed by atoms with Crippen LogP contribution in [0.5, 0.6) is 5.75 Å². The van der Waals surface area contributed by atoms with Crippen molar-refractivity contribution in [2.45, 2.75) is 26.9 Å². The third-order valence-electron chi connectivity index (χ3n) is 5.06. The number of Topliss-reactive ketones (excluding diaryl/α,β-unsaturated/α-hetero) is 1. The first-order valence-corrected chi connectivity index (χ1v) is 11.9. The number of esters is 1. The molecule has 0 bridgehead atoms. The van der Waals surface area contributed by atoms with Crippen molar-refractivity contribution >= 4 is 40.8 Å². The number of ketones is 1. The van der Waals surface area contributed by atoms with Crippen molar-refractivity contribution < 1.29 is 19.1 Å². The summed E-state index contributed by atoms with van der Waals surface area (Å²) in [6.07, 6.45) is 1.29. The van der Waals surface area contributed by atoms with Gasteiger partial charge in [-0.3, -0.25) is 4.79 Å². The number of nitriles is 2. The van der Waals surface area contributed by atoms with Gasteiger partial charge in [-0.15, -0.1) is 11.3 Å². The van der Waals surface area contributed by atoms with Gasteiger partial charge in [0.15, 0.2) is 5.78 Å². The number of allylic oxidation sites excluding steroid dienone is 1. The minimum absolute atomic E-state index is 0.0832. The van der Waals surface area contributed by atoms with Crippen LogP contribution in [0.4, 0.5) is 0 Å². The van der Waals surface area contributed by atoms with Gasteiger partial charge in [0.2, 0.25) is 0 Å². The maximum atomic E-state index is 13.0. The molecule has 3 rings (SSSR count). The van der Waals surface area contributed by atoms with Crippen LogP contribution in [0.2, 0.25) is 5.02 Å². The molecule has 0 saturated heterocycles. The second-order valence-corrected chi connectivity index (χ2v) is 8.95. The fraction of sp³-hybridized carbons (Fsp3) is 0.185. The van der Waals surface area contributed by atoms with E-state index >= 15 is 0 Å². The maximum Gasteiger partial charge on any atom is 0.348 e. The first kappa shape index (κ1) is 25.7. The fourth-order valence-electron chi connectivity index (χ4n) is 3.28. The smallest absolute Gasteiger partial charge is 0.348 e. The zero-order valence-electron chi connectivity index (χ0n) is 19.1. The third kappa shape index (κ3) is 6.36. The minimum Gasteiger partial charge on any atom is -0.488 e. The predicted octanol–water partition coefficient (Wildman–Crippen LogP) is 6.06. The van der Waals surface area contributed by atoms with Crippen molar-refractivity contribution in [2.24, 2.45) is 0 Å². The number of nitrogens with zero attached hydrogens (tertiary/aromatic N) is 2. The first-order valence-electron chi connectivity index (χ1n) is 10.7. The van der Waals surface area contributed by atoms with Crippen molar-refractivity contribution in [1.29, 1.82) is 10.5 Å². The van der Waals surface area contributed by atoms with Crippen molar-refractivity contribution in [3.8, 4) is 17.9 Å². The summed E-state index contributed by atoms with van der Waals surface area (Å²) in [6.45, 7) is 3.82. The zero-order chi connectivity index (χ0) is 25.4. The lowest BCUT2D eigenvalue weighted by molar-refractivity contribution is -0.114. The number of hydrogen-bond donors (Lipinski definition) is 0. The number of carbonyl (C=O) groups excluding carboxylic acids is 2. The van der Waals surface area contributed by atoms with E-state index in [4.69, 9.17) is 21.1 Å². The van der Waals surface area contributed by atoms with Crippen molar-refractivity contribution in [3.63, 3.8) is 0 Å². The Bertz CT molecular complexity index is 1360. The van der Waals surface area contributed by atoms with E-state index < -0.39 is 11.8 Å². The van der Waals surface area contributed by atoms with Crippen LogP contribution in [-0.4, -0.2) is 18.4 Å². The van der Waals surface area contributed by atoms with Gasteiger partial charge in [-0.05, 0) is 49.2 Å². The van der Waals surface area contributed by atoms with Crippen LogP contribution < -0.4 is 4.74 Å². The highest BCUT2D eigenvalue weighted by Gasteiger charge is 2.23. The largest absolute Gasteiger partial charge is 0.488 e. The SMILES string of the molecule is CCOC(=O)c1sc(CC(=O)/C(C#N)=C/c2ccccc2OCc2ccc(Cl)cc2)c(C#N)c1C. The Morgan fingerprint density at radius 3 is 2.49 bits per heavy atom. The fourth-order valence-corrected chi connectivity index (χ4v) is 4.55. The van der Waals surface area contributed by atoms with E-state index in [0.29, 0.717) is 26.8 Å². The Hall–Kier alpha value is -3.91. The summed E-state index contributed by atoms with van der Waals surface area (Å²) in [4.78, 5) is 25.9. The Morgan fingerprint density at radius 1 is 1.11 bits per heavy atom. The average molecular weight is 505 g/mol. The van der Waals surface area contributed by atoms with Gasteiger partial charge in [-0.25, -0.2) is 4.79 Å². The molecule has 0 aliphatic carbocycles. The lowest BCUT2D eigenvalue weighted by Crippen LogP contribution is -2.05. The highest BCUT2D eigenvalue weighted by molar-refractivity contribution is 7.14. The molecule has 176 valence electrons. The highest BCUT2D eigenvalue weighted by atomic mass is 35.5. The molecule has 2 aromatic carbocycles. The first-order chi connectivity index (χ1) is 16.9. The molecule has 8 heteroatoms. The van der Waals surface area contributed by atoms with Crippen molar-refractivity contribution in [2.75, 3.05) is 6.61 Å². The van der Waals surface area contributed by atoms with Gasteiger partial charge >= 0.3 is 5.97 Å². The zero-order valence-corrected chi connectivity index (χ0v) is 20.7. The molecule has 0 N–H and O–H groups in total. The molecule has 0 aliphatic rings. The Labute approximate surface area is 212 Å². The quantitative estimate of drug-likeness (QED) is 0.199. The minimum atomic E-state index is -0.534. The summed E-state index contributed by atoms with van der Waals surface area (Å²) >= 11 is 6.96. The van der Waals surface area contributed by atoms with Crippen LogP contribution in [0.3, 0.4) is 0 Å². The third-order valence-corrected chi connectivity index (χ3v) is 6.58. The Kier molecular flexibility index (Phi) is 8.80. The number of ether oxygens (including phenoxy) is 2. The Morgan fingerprint density at radius 2 is 1.83 bits per heavy atom. The van der Waals surface area contributed by atoms with Crippen LogP contribution >= 0.6 is 22.9 Å². The van der Waals surface area contributed by atoms with Gasteiger partial charge in [0.1, 0.15) is 29.4 Å². The number of carbonyl (C=O) groups is 2. The number of halogens is 1. The van der Waals surface area contributed by atoms with Crippen molar-refractivity contribution in [1.82, 2.24) is 0 Å². The molecule has 0 aliphatic heterocycles. The molecule has 0 atom stereocenters. The summed E-state index contributed by atoms with van der Waals surface area (Å²) in [5.74, 6) is -0.488. The van der Waals surface area contributed by atoms with Crippen LogP contribution in [-0.2, 0) is 22.6 Å². The molecule has 1 aromatic heterocycles. The molecule has 3 aromatic rings. The van der Waals surface area contributed by atoms with Crippen LogP contribution in [0.25, 0.3) is 6.08 Å². The monoisotopic (exact) mass is 504 g/mol. The lowest BCUT2D eigenvalue weighted by atomic mass is 10.0. The molecule has 0 saturated carbocycles. The van der Waals surface area contributed by atoms with Gasteiger partial charge < -0.3 is 9.47 Å². The molecular weight excluding hydrogens is 484 g/mol. The number of thiophene rings is 1. The lowest BCUT2D eigenvalue weighted by Gasteiger charge is -2.10. The molecular formula is C27H21ClN2O4S. The van der Waals surface area contributed by atoms with Crippen LogP contribution in [0.1, 0.15) is 43.7 Å². The maximum absolute atomic E-state index is 13.0.